The number of rotatable bonds is 6. The molecule has 1 aliphatic heterocycles. The second kappa shape index (κ2) is 7.20. The van der Waals surface area contributed by atoms with E-state index in [1.165, 1.54) is 12.8 Å². The quantitative estimate of drug-likeness (QED) is 0.708. The van der Waals surface area contributed by atoms with E-state index >= 15 is 0 Å². The van der Waals surface area contributed by atoms with E-state index in [-0.39, 0.29) is 6.61 Å². The van der Waals surface area contributed by atoms with Gasteiger partial charge in [-0.15, -0.1) is 0 Å². The lowest BCUT2D eigenvalue weighted by molar-refractivity contribution is -0.00505. The normalized spacial score (nSPS) is 29.0. The lowest BCUT2D eigenvalue weighted by atomic mass is 9.99. The van der Waals surface area contributed by atoms with Gasteiger partial charge in [-0.2, -0.15) is 0 Å². The Morgan fingerprint density at radius 2 is 2.33 bits per heavy atom. The maximum atomic E-state index is 8.84. The van der Waals surface area contributed by atoms with Crippen molar-refractivity contribution in [2.24, 2.45) is 0 Å². The summed E-state index contributed by atoms with van der Waals surface area (Å²) in [4.78, 5) is 0. The van der Waals surface area contributed by atoms with E-state index in [1.807, 2.05) is 0 Å². The number of hydrogen-bond donors (Lipinski definition) is 2. The van der Waals surface area contributed by atoms with Crippen LogP contribution in [0.2, 0.25) is 0 Å². The molecular weight excluding hydrogens is 190 g/mol. The highest BCUT2D eigenvalue weighted by atomic mass is 16.5. The van der Waals surface area contributed by atoms with Gasteiger partial charge in [0.2, 0.25) is 0 Å². The Morgan fingerprint density at radius 3 is 3.00 bits per heavy atom. The van der Waals surface area contributed by atoms with E-state index in [4.69, 9.17) is 9.84 Å². The van der Waals surface area contributed by atoms with Gasteiger partial charge in [-0.3, -0.25) is 0 Å². The Hall–Kier alpha value is -0.120. The Kier molecular flexibility index (Phi) is 6.22. The molecule has 0 aromatic heterocycles. The van der Waals surface area contributed by atoms with Gasteiger partial charge in [0, 0.05) is 25.3 Å². The van der Waals surface area contributed by atoms with Gasteiger partial charge in [0.25, 0.3) is 0 Å². The number of aliphatic hydroxyl groups excluding tert-OH is 1. The van der Waals surface area contributed by atoms with Gasteiger partial charge < -0.3 is 15.2 Å². The van der Waals surface area contributed by atoms with E-state index in [9.17, 15) is 0 Å². The van der Waals surface area contributed by atoms with Gasteiger partial charge >= 0.3 is 0 Å². The van der Waals surface area contributed by atoms with Crippen molar-refractivity contribution in [2.75, 3.05) is 13.2 Å². The fraction of sp³-hybridized carbons (Fsp3) is 1.00. The van der Waals surface area contributed by atoms with Gasteiger partial charge in [-0.05, 0) is 32.6 Å². The molecule has 1 heterocycles. The third-order valence-electron chi connectivity index (χ3n) is 3.06. The Morgan fingerprint density at radius 1 is 1.53 bits per heavy atom. The minimum absolute atomic E-state index is 0.274. The predicted octanol–water partition coefficient (Wildman–Crippen LogP) is 1.69. The molecule has 0 aliphatic carbocycles. The molecule has 0 radical (unpaired) electrons. The van der Waals surface area contributed by atoms with E-state index in [0.29, 0.717) is 18.2 Å². The molecule has 0 spiro atoms. The lowest BCUT2D eigenvalue weighted by Crippen LogP contribution is -2.43. The van der Waals surface area contributed by atoms with Gasteiger partial charge in [-0.1, -0.05) is 13.3 Å². The predicted molar refractivity (Wildman–Crippen MR) is 62.0 cm³/mol. The monoisotopic (exact) mass is 215 g/mol. The standard InChI is InChI=1S/C12H25NO2/c1-3-4-12-9-11(6-8-15-12)13-10(2)5-7-14/h10-14H,3-9H2,1-2H3. The molecule has 3 atom stereocenters. The van der Waals surface area contributed by atoms with Crippen molar-refractivity contribution in [1.29, 1.82) is 0 Å². The SMILES string of the molecule is CCCC1CC(NC(C)CCO)CCO1. The van der Waals surface area contributed by atoms with Crippen LogP contribution in [0.4, 0.5) is 0 Å². The molecule has 1 saturated heterocycles. The molecule has 3 heteroatoms. The van der Waals surface area contributed by atoms with E-state index in [1.54, 1.807) is 0 Å². The first-order valence-electron chi connectivity index (χ1n) is 6.24. The largest absolute Gasteiger partial charge is 0.396 e. The van der Waals surface area contributed by atoms with Crippen molar-refractivity contribution < 1.29 is 9.84 Å². The summed E-state index contributed by atoms with van der Waals surface area (Å²) in [6.07, 6.45) is 5.90. The van der Waals surface area contributed by atoms with Gasteiger partial charge in [0.1, 0.15) is 0 Å². The summed E-state index contributed by atoms with van der Waals surface area (Å²) >= 11 is 0. The van der Waals surface area contributed by atoms with Crippen molar-refractivity contribution in [3.63, 3.8) is 0 Å². The maximum Gasteiger partial charge on any atom is 0.0589 e. The number of ether oxygens (including phenoxy) is 1. The first-order chi connectivity index (χ1) is 7.26. The van der Waals surface area contributed by atoms with E-state index in [2.05, 4.69) is 19.2 Å². The lowest BCUT2D eigenvalue weighted by Gasteiger charge is -2.32. The van der Waals surface area contributed by atoms with Crippen LogP contribution >= 0.6 is 0 Å². The number of hydrogen-bond acceptors (Lipinski definition) is 3. The molecule has 0 saturated carbocycles. The number of nitrogens with one attached hydrogen (secondary N) is 1. The van der Waals surface area contributed by atoms with Crippen LogP contribution in [-0.2, 0) is 4.74 Å². The molecule has 1 fully saturated rings. The first-order valence-corrected chi connectivity index (χ1v) is 6.24. The second-order valence-electron chi connectivity index (χ2n) is 4.58. The summed E-state index contributed by atoms with van der Waals surface area (Å²) in [5.74, 6) is 0. The molecule has 3 unspecified atom stereocenters. The van der Waals surface area contributed by atoms with Crippen molar-refractivity contribution in [3.05, 3.63) is 0 Å². The fourth-order valence-corrected chi connectivity index (χ4v) is 2.23. The highest BCUT2D eigenvalue weighted by Crippen LogP contribution is 2.18. The van der Waals surface area contributed by atoms with Gasteiger partial charge in [0.05, 0.1) is 6.10 Å². The molecule has 15 heavy (non-hydrogen) atoms. The van der Waals surface area contributed by atoms with Gasteiger partial charge in [0.15, 0.2) is 0 Å². The molecule has 1 rings (SSSR count). The first kappa shape index (κ1) is 12.9. The molecule has 0 amide bonds. The van der Waals surface area contributed by atoms with Crippen LogP contribution in [-0.4, -0.2) is 36.5 Å². The molecular formula is C12H25NO2. The highest BCUT2D eigenvalue weighted by molar-refractivity contribution is 4.78. The summed E-state index contributed by atoms with van der Waals surface area (Å²) in [6, 6.07) is 0.997. The molecule has 2 N–H and O–H groups in total. The summed E-state index contributed by atoms with van der Waals surface area (Å²) in [5, 5.41) is 12.4. The highest BCUT2D eigenvalue weighted by Gasteiger charge is 2.22. The Balaban J connectivity index is 2.23. The summed E-state index contributed by atoms with van der Waals surface area (Å²) in [5.41, 5.74) is 0. The average molecular weight is 215 g/mol. The van der Waals surface area contributed by atoms with E-state index in [0.717, 1.165) is 25.9 Å². The minimum atomic E-state index is 0.274. The van der Waals surface area contributed by atoms with Crippen molar-refractivity contribution in [1.82, 2.24) is 5.32 Å². The zero-order chi connectivity index (χ0) is 11.1. The third-order valence-corrected chi connectivity index (χ3v) is 3.06. The molecule has 3 nitrogen and oxygen atoms in total. The zero-order valence-electron chi connectivity index (χ0n) is 10.0. The van der Waals surface area contributed by atoms with Crippen LogP contribution in [0.25, 0.3) is 0 Å². The Bertz CT molecular complexity index is 160. The Labute approximate surface area is 93.2 Å². The second-order valence-corrected chi connectivity index (χ2v) is 4.58. The van der Waals surface area contributed by atoms with Crippen LogP contribution in [0.15, 0.2) is 0 Å². The zero-order valence-corrected chi connectivity index (χ0v) is 10.0. The molecule has 1 aliphatic rings. The molecule has 0 bridgehead atoms. The minimum Gasteiger partial charge on any atom is -0.396 e. The van der Waals surface area contributed by atoms with Gasteiger partial charge in [-0.25, -0.2) is 0 Å². The van der Waals surface area contributed by atoms with Crippen LogP contribution in [0, 0.1) is 0 Å². The molecule has 90 valence electrons. The average Bonchev–Trinajstić information content (AvgIpc) is 2.19. The summed E-state index contributed by atoms with van der Waals surface area (Å²) in [7, 11) is 0. The summed E-state index contributed by atoms with van der Waals surface area (Å²) < 4.78 is 5.70. The van der Waals surface area contributed by atoms with Crippen LogP contribution in [0.5, 0.6) is 0 Å². The number of aliphatic hydroxyl groups is 1. The van der Waals surface area contributed by atoms with Crippen molar-refractivity contribution in [2.45, 2.75) is 64.1 Å². The van der Waals surface area contributed by atoms with Crippen molar-refractivity contribution in [3.8, 4) is 0 Å². The van der Waals surface area contributed by atoms with Crippen LogP contribution in [0.1, 0.15) is 46.0 Å². The van der Waals surface area contributed by atoms with Crippen LogP contribution in [0.3, 0.4) is 0 Å². The molecule has 0 aromatic rings. The topological polar surface area (TPSA) is 41.5 Å². The van der Waals surface area contributed by atoms with Crippen LogP contribution < -0.4 is 5.32 Å². The molecule has 0 aromatic carbocycles. The maximum absolute atomic E-state index is 8.84. The van der Waals surface area contributed by atoms with E-state index < -0.39 is 0 Å². The third kappa shape index (κ3) is 4.96. The van der Waals surface area contributed by atoms with Crippen molar-refractivity contribution >= 4 is 0 Å². The smallest absolute Gasteiger partial charge is 0.0589 e. The summed E-state index contributed by atoms with van der Waals surface area (Å²) in [6.45, 7) is 5.50. The fourth-order valence-electron chi connectivity index (χ4n) is 2.23.